The monoisotopic (exact) mass is 309 g/mol. The molecule has 0 aliphatic heterocycles. The topological polar surface area (TPSA) is 70.9 Å². The van der Waals surface area contributed by atoms with Crippen molar-refractivity contribution < 1.29 is 5.11 Å². The van der Waals surface area contributed by atoms with Crippen LogP contribution >= 0.6 is 0 Å². The molecule has 0 aliphatic rings. The molecule has 5 nitrogen and oxygen atoms in total. The van der Waals surface area contributed by atoms with Gasteiger partial charge in [-0.2, -0.15) is 5.10 Å². The Kier molecular flexibility index (Phi) is 4.57. The number of nitrogens with one attached hydrogen (secondary N) is 1. The predicted molar refractivity (Wildman–Crippen MR) is 88.5 cm³/mol. The summed E-state index contributed by atoms with van der Waals surface area (Å²) in [5.41, 5.74) is 2.07. The van der Waals surface area contributed by atoms with Gasteiger partial charge in [0.25, 0.3) is 0 Å². The molecule has 0 saturated heterocycles. The molecule has 0 amide bonds. The van der Waals surface area contributed by atoms with Gasteiger partial charge >= 0.3 is 5.69 Å². The average Bonchev–Trinajstić information content (AvgIpc) is 2.91. The molecule has 0 bridgehead atoms. The lowest BCUT2D eigenvalue weighted by Crippen LogP contribution is -2.19. The van der Waals surface area contributed by atoms with Crippen molar-refractivity contribution in [2.24, 2.45) is 0 Å². The van der Waals surface area contributed by atoms with Gasteiger partial charge in [-0.1, -0.05) is 42.5 Å². The maximum atomic E-state index is 11.9. The quantitative estimate of drug-likeness (QED) is 0.735. The maximum absolute atomic E-state index is 11.9. The van der Waals surface area contributed by atoms with Crippen LogP contribution in [0.4, 0.5) is 0 Å². The van der Waals surface area contributed by atoms with E-state index in [2.05, 4.69) is 10.2 Å². The SMILES string of the molecule is O=c1[nH]nc(CCCc2ccc(O)cc2)n1Cc1ccccc1. The van der Waals surface area contributed by atoms with E-state index in [-0.39, 0.29) is 11.4 Å². The highest BCUT2D eigenvalue weighted by atomic mass is 16.3. The molecule has 5 heteroatoms. The Labute approximate surface area is 134 Å². The zero-order chi connectivity index (χ0) is 16.1. The van der Waals surface area contributed by atoms with Crippen LogP contribution in [-0.2, 0) is 19.4 Å². The van der Waals surface area contributed by atoms with Crippen LogP contribution in [0.3, 0.4) is 0 Å². The number of aromatic amines is 1. The number of aromatic nitrogens is 3. The van der Waals surface area contributed by atoms with E-state index in [9.17, 15) is 9.90 Å². The van der Waals surface area contributed by atoms with Crippen molar-refractivity contribution in [3.05, 3.63) is 82.0 Å². The lowest BCUT2D eigenvalue weighted by Gasteiger charge is -2.06. The summed E-state index contributed by atoms with van der Waals surface area (Å²) in [6.07, 6.45) is 2.50. The molecule has 0 atom stereocenters. The Bertz CT molecular complexity index is 804. The number of hydrogen-bond donors (Lipinski definition) is 2. The zero-order valence-corrected chi connectivity index (χ0v) is 12.8. The molecule has 23 heavy (non-hydrogen) atoms. The number of nitrogens with zero attached hydrogens (tertiary/aromatic N) is 2. The van der Waals surface area contributed by atoms with E-state index >= 15 is 0 Å². The van der Waals surface area contributed by atoms with Crippen LogP contribution in [0.5, 0.6) is 5.75 Å². The van der Waals surface area contributed by atoms with E-state index < -0.39 is 0 Å². The van der Waals surface area contributed by atoms with Crippen LogP contribution in [0.1, 0.15) is 23.4 Å². The maximum Gasteiger partial charge on any atom is 0.343 e. The molecule has 0 spiro atoms. The lowest BCUT2D eigenvalue weighted by atomic mass is 10.1. The van der Waals surface area contributed by atoms with Crippen LogP contribution in [0, 0.1) is 0 Å². The Morgan fingerprint density at radius 2 is 1.70 bits per heavy atom. The molecule has 0 aliphatic carbocycles. The lowest BCUT2D eigenvalue weighted by molar-refractivity contribution is 0.475. The minimum atomic E-state index is -0.173. The van der Waals surface area contributed by atoms with Crippen LogP contribution in [0.25, 0.3) is 0 Å². The van der Waals surface area contributed by atoms with E-state index in [4.69, 9.17) is 0 Å². The standard InChI is InChI=1S/C18H19N3O2/c22-16-11-9-14(10-12-16)7-4-8-17-19-20-18(23)21(17)13-15-5-2-1-3-6-15/h1-3,5-6,9-12,22H,4,7-8,13H2,(H,20,23). The van der Waals surface area contributed by atoms with Gasteiger partial charge < -0.3 is 5.11 Å². The van der Waals surface area contributed by atoms with Gasteiger partial charge in [-0.05, 0) is 36.1 Å². The average molecular weight is 309 g/mol. The summed E-state index contributed by atoms with van der Waals surface area (Å²) in [4.78, 5) is 11.9. The van der Waals surface area contributed by atoms with Crippen LogP contribution < -0.4 is 5.69 Å². The molecule has 0 fully saturated rings. The van der Waals surface area contributed by atoms with Gasteiger partial charge in [0.2, 0.25) is 0 Å². The van der Waals surface area contributed by atoms with Crippen molar-refractivity contribution in [1.82, 2.24) is 14.8 Å². The van der Waals surface area contributed by atoms with Crippen molar-refractivity contribution in [3.63, 3.8) is 0 Å². The number of aromatic hydroxyl groups is 1. The van der Waals surface area contributed by atoms with Crippen LogP contribution in [0.15, 0.2) is 59.4 Å². The third kappa shape index (κ3) is 3.88. The number of benzene rings is 2. The summed E-state index contributed by atoms with van der Waals surface area (Å²) in [5.74, 6) is 1.05. The van der Waals surface area contributed by atoms with Gasteiger partial charge in [0, 0.05) is 6.42 Å². The first kappa shape index (κ1) is 15.1. The number of aryl methyl sites for hydroxylation is 2. The summed E-state index contributed by atoms with van der Waals surface area (Å²) in [6.45, 7) is 0.532. The molecule has 2 N–H and O–H groups in total. The van der Waals surface area contributed by atoms with E-state index in [1.54, 1.807) is 16.7 Å². The third-order valence-corrected chi connectivity index (χ3v) is 3.82. The van der Waals surface area contributed by atoms with E-state index in [0.717, 1.165) is 36.2 Å². The summed E-state index contributed by atoms with van der Waals surface area (Å²) < 4.78 is 1.69. The van der Waals surface area contributed by atoms with Crippen molar-refractivity contribution >= 4 is 0 Å². The van der Waals surface area contributed by atoms with Crippen LogP contribution in [-0.4, -0.2) is 19.9 Å². The molecular formula is C18H19N3O2. The van der Waals surface area contributed by atoms with Gasteiger partial charge in [0.1, 0.15) is 11.6 Å². The first-order valence-electron chi connectivity index (χ1n) is 7.68. The fourth-order valence-corrected chi connectivity index (χ4v) is 2.58. The minimum Gasteiger partial charge on any atom is -0.508 e. The van der Waals surface area contributed by atoms with Crippen molar-refractivity contribution in [3.8, 4) is 5.75 Å². The first-order valence-corrected chi connectivity index (χ1v) is 7.68. The van der Waals surface area contributed by atoms with E-state index in [0.29, 0.717) is 6.54 Å². The number of phenolic OH excluding ortho intramolecular Hbond substituents is 1. The fourth-order valence-electron chi connectivity index (χ4n) is 2.58. The molecule has 0 unspecified atom stereocenters. The second-order valence-electron chi connectivity index (χ2n) is 5.54. The van der Waals surface area contributed by atoms with Crippen molar-refractivity contribution in [2.45, 2.75) is 25.8 Å². The molecular weight excluding hydrogens is 290 g/mol. The van der Waals surface area contributed by atoms with Crippen molar-refractivity contribution in [2.75, 3.05) is 0 Å². The first-order chi connectivity index (χ1) is 11.2. The normalized spacial score (nSPS) is 10.8. The van der Waals surface area contributed by atoms with E-state index in [1.165, 1.54) is 0 Å². The highest BCUT2D eigenvalue weighted by molar-refractivity contribution is 5.26. The second-order valence-corrected chi connectivity index (χ2v) is 5.54. The number of rotatable bonds is 6. The molecule has 118 valence electrons. The Morgan fingerprint density at radius 1 is 0.957 bits per heavy atom. The molecule has 0 radical (unpaired) electrons. The van der Waals surface area contributed by atoms with Crippen LogP contribution in [0.2, 0.25) is 0 Å². The highest BCUT2D eigenvalue weighted by Gasteiger charge is 2.08. The summed E-state index contributed by atoms with van der Waals surface area (Å²) >= 11 is 0. The van der Waals surface area contributed by atoms with Crippen molar-refractivity contribution in [1.29, 1.82) is 0 Å². The molecule has 1 aromatic heterocycles. The predicted octanol–water partition coefficient (Wildman–Crippen LogP) is 2.50. The summed E-state index contributed by atoms with van der Waals surface area (Å²) in [5, 5.41) is 16.0. The van der Waals surface area contributed by atoms with Gasteiger partial charge in [-0.3, -0.25) is 4.57 Å². The van der Waals surface area contributed by atoms with Gasteiger partial charge in [0.05, 0.1) is 6.54 Å². The number of phenols is 1. The second kappa shape index (κ2) is 6.96. The highest BCUT2D eigenvalue weighted by Crippen LogP contribution is 2.12. The molecule has 1 heterocycles. The zero-order valence-electron chi connectivity index (χ0n) is 12.8. The van der Waals surface area contributed by atoms with Gasteiger partial charge in [-0.25, -0.2) is 9.89 Å². The number of H-pyrrole nitrogens is 1. The molecule has 0 saturated carbocycles. The fraction of sp³-hybridized carbons (Fsp3) is 0.222. The summed E-state index contributed by atoms with van der Waals surface area (Å²) in [7, 11) is 0. The largest absolute Gasteiger partial charge is 0.508 e. The minimum absolute atomic E-state index is 0.173. The third-order valence-electron chi connectivity index (χ3n) is 3.82. The molecule has 3 rings (SSSR count). The molecule has 2 aromatic carbocycles. The Morgan fingerprint density at radius 3 is 2.43 bits per heavy atom. The number of hydrogen-bond acceptors (Lipinski definition) is 3. The molecule has 3 aromatic rings. The van der Waals surface area contributed by atoms with Gasteiger partial charge in [-0.15, -0.1) is 0 Å². The Hall–Kier alpha value is -2.82. The smallest absolute Gasteiger partial charge is 0.343 e. The summed E-state index contributed by atoms with van der Waals surface area (Å²) in [6, 6.07) is 17.1. The Balaban J connectivity index is 1.64. The van der Waals surface area contributed by atoms with E-state index in [1.807, 2.05) is 42.5 Å². The van der Waals surface area contributed by atoms with Gasteiger partial charge in [0.15, 0.2) is 0 Å².